The summed E-state index contributed by atoms with van der Waals surface area (Å²) >= 11 is 0. The molecule has 0 aromatic heterocycles. The van der Waals surface area contributed by atoms with Crippen LogP contribution in [-0.4, -0.2) is 43.3 Å². The van der Waals surface area contributed by atoms with E-state index in [0.29, 0.717) is 19.6 Å². The Kier molecular flexibility index (Phi) is 5.38. The maximum absolute atomic E-state index is 12.4. The van der Waals surface area contributed by atoms with Crippen molar-refractivity contribution < 1.29 is 23.9 Å². The molecule has 23 heavy (non-hydrogen) atoms. The van der Waals surface area contributed by atoms with E-state index in [-0.39, 0.29) is 34.9 Å². The molecular weight excluding hydrogens is 304 g/mol. The molecule has 1 N–H and O–H groups in total. The van der Waals surface area contributed by atoms with Crippen LogP contribution in [0.25, 0.3) is 0 Å². The summed E-state index contributed by atoms with van der Waals surface area (Å²) in [4.78, 5) is 23.1. The first kappa shape index (κ1) is 17.0. The van der Waals surface area contributed by atoms with Gasteiger partial charge in [-0.05, 0) is 20.3 Å². The number of nitrogens with one attached hydrogen (secondary N) is 1. The van der Waals surface area contributed by atoms with Crippen LogP contribution in [0.2, 0.25) is 0 Å². The third-order valence-electron chi connectivity index (χ3n) is 3.72. The zero-order valence-electron chi connectivity index (χ0n) is 13.3. The summed E-state index contributed by atoms with van der Waals surface area (Å²) in [6.07, 6.45) is 0.553. The Morgan fingerprint density at radius 2 is 2.22 bits per heavy atom. The Labute approximate surface area is 133 Å². The van der Waals surface area contributed by atoms with Gasteiger partial charge in [-0.2, -0.15) is 0 Å². The quantitative estimate of drug-likeness (QED) is 0.634. The third-order valence-corrected chi connectivity index (χ3v) is 3.72. The number of carbonyl (C=O) groups is 1. The minimum Gasteiger partial charge on any atom is -0.493 e. The number of nitro groups is 1. The van der Waals surface area contributed by atoms with E-state index in [1.165, 1.54) is 19.2 Å². The van der Waals surface area contributed by atoms with Gasteiger partial charge in [0.15, 0.2) is 11.5 Å². The summed E-state index contributed by atoms with van der Waals surface area (Å²) in [6.45, 7) is 4.50. The fraction of sp³-hybridized carbons (Fsp3) is 0.533. The van der Waals surface area contributed by atoms with E-state index >= 15 is 0 Å². The third kappa shape index (κ3) is 3.70. The van der Waals surface area contributed by atoms with Gasteiger partial charge in [-0.15, -0.1) is 0 Å². The Balaban J connectivity index is 2.35. The van der Waals surface area contributed by atoms with Crippen molar-refractivity contribution in [1.82, 2.24) is 5.32 Å². The number of hydrogen-bond donors (Lipinski definition) is 1. The molecule has 126 valence electrons. The molecule has 8 nitrogen and oxygen atoms in total. The maximum Gasteiger partial charge on any atom is 0.286 e. The Morgan fingerprint density at radius 1 is 1.48 bits per heavy atom. The van der Waals surface area contributed by atoms with Gasteiger partial charge in [0.05, 0.1) is 36.9 Å². The lowest BCUT2D eigenvalue weighted by Crippen LogP contribution is -2.39. The number of hydrogen-bond acceptors (Lipinski definition) is 6. The number of benzene rings is 1. The predicted octanol–water partition coefficient (Wildman–Crippen LogP) is 1.91. The number of methoxy groups -OCH3 is 1. The predicted molar refractivity (Wildman–Crippen MR) is 82.1 cm³/mol. The Bertz CT molecular complexity index is 604. The van der Waals surface area contributed by atoms with Gasteiger partial charge in [0.1, 0.15) is 5.56 Å². The van der Waals surface area contributed by atoms with Crippen LogP contribution in [0, 0.1) is 10.1 Å². The number of nitro benzene ring substituents is 1. The van der Waals surface area contributed by atoms with Crippen LogP contribution >= 0.6 is 0 Å². The molecule has 1 amide bonds. The fourth-order valence-electron chi connectivity index (χ4n) is 2.48. The molecule has 2 atom stereocenters. The van der Waals surface area contributed by atoms with E-state index in [1.807, 2.05) is 6.92 Å². The van der Waals surface area contributed by atoms with Crippen molar-refractivity contribution in [2.24, 2.45) is 0 Å². The number of amides is 1. The van der Waals surface area contributed by atoms with Gasteiger partial charge in [0, 0.05) is 12.7 Å². The highest BCUT2D eigenvalue weighted by molar-refractivity contribution is 5.99. The summed E-state index contributed by atoms with van der Waals surface area (Å²) in [5, 5.41) is 14.1. The Hall–Kier alpha value is -2.35. The second kappa shape index (κ2) is 7.28. The molecule has 0 spiro atoms. The topological polar surface area (TPSA) is 99.9 Å². The first-order valence-electron chi connectivity index (χ1n) is 7.39. The van der Waals surface area contributed by atoms with Crippen LogP contribution in [-0.2, 0) is 4.74 Å². The van der Waals surface area contributed by atoms with Crippen molar-refractivity contribution >= 4 is 11.6 Å². The maximum atomic E-state index is 12.4. The first-order chi connectivity index (χ1) is 11.0. The molecule has 1 heterocycles. The summed E-state index contributed by atoms with van der Waals surface area (Å²) in [6, 6.07) is 2.38. The van der Waals surface area contributed by atoms with Crippen LogP contribution in [0.3, 0.4) is 0 Å². The standard InChI is InChI=1S/C15H20N2O6/c1-4-22-14-8-12(17(19)20)10(7-13(14)21-3)15(18)16-11-5-6-23-9(11)2/h7-9,11H,4-6H2,1-3H3,(H,16,18)/t9-,11+/m1/s1. The zero-order valence-corrected chi connectivity index (χ0v) is 13.3. The molecule has 2 rings (SSSR count). The first-order valence-corrected chi connectivity index (χ1v) is 7.39. The summed E-state index contributed by atoms with van der Waals surface area (Å²) in [7, 11) is 1.41. The molecule has 1 saturated heterocycles. The monoisotopic (exact) mass is 324 g/mol. The van der Waals surface area contributed by atoms with Gasteiger partial charge in [-0.1, -0.05) is 0 Å². The summed E-state index contributed by atoms with van der Waals surface area (Å²) in [5.41, 5.74) is -0.382. The fourth-order valence-corrected chi connectivity index (χ4v) is 2.48. The van der Waals surface area contributed by atoms with Crippen molar-refractivity contribution in [3.63, 3.8) is 0 Å². The van der Waals surface area contributed by atoms with Crippen LogP contribution in [0.5, 0.6) is 11.5 Å². The van der Waals surface area contributed by atoms with Gasteiger partial charge in [-0.25, -0.2) is 0 Å². The second-order valence-corrected chi connectivity index (χ2v) is 5.15. The zero-order chi connectivity index (χ0) is 17.0. The number of nitrogens with zero attached hydrogens (tertiary/aromatic N) is 1. The smallest absolute Gasteiger partial charge is 0.286 e. The van der Waals surface area contributed by atoms with Crippen LogP contribution in [0.4, 0.5) is 5.69 Å². The second-order valence-electron chi connectivity index (χ2n) is 5.15. The minimum atomic E-state index is -0.606. The molecule has 0 saturated carbocycles. The van der Waals surface area contributed by atoms with Gasteiger partial charge < -0.3 is 19.5 Å². The molecule has 0 aliphatic carbocycles. The van der Waals surface area contributed by atoms with E-state index in [1.54, 1.807) is 6.92 Å². The SMILES string of the molecule is CCOc1cc([N+](=O)[O-])c(C(=O)N[C@H]2CCO[C@@H]2C)cc1OC. The average molecular weight is 324 g/mol. The molecular formula is C15H20N2O6. The molecule has 1 fully saturated rings. The lowest BCUT2D eigenvalue weighted by molar-refractivity contribution is -0.385. The van der Waals surface area contributed by atoms with Gasteiger partial charge in [-0.3, -0.25) is 14.9 Å². The van der Waals surface area contributed by atoms with E-state index in [4.69, 9.17) is 14.2 Å². The van der Waals surface area contributed by atoms with Crippen molar-refractivity contribution in [2.75, 3.05) is 20.3 Å². The number of carbonyl (C=O) groups excluding carboxylic acids is 1. The van der Waals surface area contributed by atoms with Crippen molar-refractivity contribution in [1.29, 1.82) is 0 Å². The lowest BCUT2D eigenvalue weighted by Gasteiger charge is -2.17. The number of ether oxygens (including phenoxy) is 3. The molecule has 0 unspecified atom stereocenters. The van der Waals surface area contributed by atoms with Crippen LogP contribution < -0.4 is 14.8 Å². The molecule has 8 heteroatoms. The van der Waals surface area contributed by atoms with Crippen LogP contribution in [0.15, 0.2) is 12.1 Å². The van der Waals surface area contributed by atoms with E-state index < -0.39 is 10.8 Å². The van der Waals surface area contributed by atoms with Crippen molar-refractivity contribution in [3.05, 3.63) is 27.8 Å². The lowest BCUT2D eigenvalue weighted by atomic mass is 10.1. The summed E-state index contributed by atoms with van der Waals surface area (Å²) in [5.74, 6) is -0.0189. The molecule has 1 aliphatic heterocycles. The minimum absolute atomic E-state index is 0.0607. The van der Waals surface area contributed by atoms with E-state index in [9.17, 15) is 14.9 Å². The van der Waals surface area contributed by atoms with E-state index in [0.717, 1.165) is 0 Å². The highest BCUT2D eigenvalue weighted by Gasteiger charge is 2.30. The highest BCUT2D eigenvalue weighted by Crippen LogP contribution is 2.35. The normalized spacial score (nSPS) is 20.1. The number of rotatable bonds is 6. The summed E-state index contributed by atoms with van der Waals surface area (Å²) < 4.78 is 15.9. The van der Waals surface area contributed by atoms with Crippen molar-refractivity contribution in [2.45, 2.75) is 32.4 Å². The van der Waals surface area contributed by atoms with Gasteiger partial charge >= 0.3 is 0 Å². The highest BCUT2D eigenvalue weighted by atomic mass is 16.6. The molecule has 1 aromatic rings. The molecule has 1 aromatic carbocycles. The van der Waals surface area contributed by atoms with E-state index in [2.05, 4.69) is 5.32 Å². The largest absolute Gasteiger partial charge is 0.493 e. The Morgan fingerprint density at radius 3 is 2.74 bits per heavy atom. The molecule has 0 bridgehead atoms. The molecule has 0 radical (unpaired) electrons. The van der Waals surface area contributed by atoms with Gasteiger partial charge in [0.25, 0.3) is 11.6 Å². The van der Waals surface area contributed by atoms with Crippen LogP contribution in [0.1, 0.15) is 30.6 Å². The van der Waals surface area contributed by atoms with Gasteiger partial charge in [0.2, 0.25) is 0 Å². The molecule has 1 aliphatic rings. The average Bonchev–Trinajstić information content (AvgIpc) is 2.92. The van der Waals surface area contributed by atoms with Crippen molar-refractivity contribution in [3.8, 4) is 11.5 Å².